The molecule has 1 aliphatic heterocycles. The van der Waals surface area contributed by atoms with Gasteiger partial charge in [0.2, 0.25) is 9.84 Å². The first kappa shape index (κ1) is 23.1. The number of aromatic nitrogens is 1. The van der Waals surface area contributed by atoms with E-state index in [1.165, 1.54) is 18.2 Å². The molecule has 7 nitrogen and oxygen atoms in total. The fraction of sp³-hybridized carbons (Fsp3) is 0.238. The Balaban J connectivity index is 1.89. The normalized spacial score (nSPS) is 16.8. The van der Waals surface area contributed by atoms with Gasteiger partial charge in [-0.1, -0.05) is 23.2 Å². The van der Waals surface area contributed by atoms with Crippen LogP contribution < -0.4 is 10.6 Å². The van der Waals surface area contributed by atoms with Crippen molar-refractivity contribution in [2.24, 2.45) is 0 Å². The monoisotopic (exact) mass is 511 g/mol. The SMILES string of the molecule is Cc1cc2nc(S(=O)(=O)C3CSCCN3)cc(Nc3ccc(Cl)cc3C(=O)O)c2cc1Cl. The summed E-state index contributed by atoms with van der Waals surface area (Å²) in [4.78, 5) is 16.1. The van der Waals surface area contributed by atoms with Crippen molar-refractivity contribution in [1.82, 2.24) is 10.3 Å². The number of hydrogen-bond donors (Lipinski definition) is 3. The smallest absolute Gasteiger partial charge is 0.337 e. The summed E-state index contributed by atoms with van der Waals surface area (Å²) in [5.41, 5.74) is 1.78. The molecular weight excluding hydrogens is 493 g/mol. The molecule has 0 amide bonds. The highest BCUT2D eigenvalue weighted by atomic mass is 35.5. The number of nitrogens with zero attached hydrogens (tertiary/aromatic N) is 1. The summed E-state index contributed by atoms with van der Waals surface area (Å²) in [5.74, 6) is 0.0968. The van der Waals surface area contributed by atoms with Crippen LogP contribution in [0.1, 0.15) is 15.9 Å². The van der Waals surface area contributed by atoms with E-state index in [0.717, 1.165) is 11.3 Å². The molecule has 1 atom stereocenters. The Morgan fingerprint density at radius 1 is 1.22 bits per heavy atom. The lowest BCUT2D eigenvalue weighted by Crippen LogP contribution is -2.43. The molecule has 2 heterocycles. The van der Waals surface area contributed by atoms with Crippen molar-refractivity contribution in [2.45, 2.75) is 17.3 Å². The van der Waals surface area contributed by atoms with Crippen LogP contribution in [0.3, 0.4) is 0 Å². The zero-order valence-electron chi connectivity index (χ0n) is 16.9. The average molecular weight is 512 g/mol. The molecule has 4 rings (SSSR count). The number of aromatic carboxylic acids is 1. The Kier molecular flexibility index (Phi) is 6.56. The van der Waals surface area contributed by atoms with E-state index in [1.54, 1.807) is 36.9 Å². The van der Waals surface area contributed by atoms with Gasteiger partial charge < -0.3 is 10.4 Å². The standard InChI is InChI=1S/C21H19Cl2N3O4S2/c1-11-6-17-13(8-15(11)23)18(25-16-3-2-12(22)7-14(16)21(27)28)9-19(26-17)32(29,30)20-10-31-5-4-24-20/h2-3,6-9,20,24H,4-5,10H2,1H3,(H,25,26)(H,27,28). The molecule has 168 valence electrons. The van der Waals surface area contributed by atoms with Crippen molar-refractivity contribution in [1.29, 1.82) is 0 Å². The second-order valence-electron chi connectivity index (χ2n) is 7.31. The van der Waals surface area contributed by atoms with Crippen LogP contribution in [0.15, 0.2) is 41.4 Å². The Labute approximate surface area is 199 Å². The fourth-order valence-corrected chi connectivity index (χ4v) is 6.65. The highest BCUT2D eigenvalue weighted by Crippen LogP contribution is 2.34. The predicted octanol–water partition coefficient (Wildman–Crippen LogP) is 4.73. The fourth-order valence-electron chi connectivity index (χ4n) is 3.41. The topological polar surface area (TPSA) is 108 Å². The van der Waals surface area contributed by atoms with Gasteiger partial charge in [-0.3, -0.25) is 5.32 Å². The largest absolute Gasteiger partial charge is 0.478 e. The Morgan fingerprint density at radius 2 is 2.00 bits per heavy atom. The van der Waals surface area contributed by atoms with Crippen LogP contribution in [0.2, 0.25) is 10.0 Å². The Hall–Kier alpha value is -2.04. The molecule has 1 saturated heterocycles. The van der Waals surface area contributed by atoms with E-state index in [4.69, 9.17) is 23.2 Å². The third-order valence-corrected chi connectivity index (χ3v) is 8.89. The van der Waals surface area contributed by atoms with Crippen LogP contribution in [0, 0.1) is 6.92 Å². The first-order valence-corrected chi connectivity index (χ1v) is 13.1. The molecule has 11 heteroatoms. The minimum Gasteiger partial charge on any atom is -0.478 e. The molecule has 3 N–H and O–H groups in total. The number of carboxylic acids is 1. The van der Waals surface area contributed by atoms with Crippen molar-refractivity contribution >= 4 is 73.0 Å². The minimum absolute atomic E-state index is 0.0459. The van der Waals surface area contributed by atoms with Crippen LogP contribution >= 0.6 is 35.0 Å². The summed E-state index contributed by atoms with van der Waals surface area (Å²) in [6.45, 7) is 2.40. The Bertz CT molecular complexity index is 1330. The lowest BCUT2D eigenvalue weighted by molar-refractivity contribution is 0.0698. The van der Waals surface area contributed by atoms with Gasteiger partial charge >= 0.3 is 5.97 Å². The summed E-state index contributed by atoms with van der Waals surface area (Å²) in [6.07, 6.45) is 0. The molecular formula is C21H19Cl2N3O4S2. The van der Waals surface area contributed by atoms with E-state index in [0.29, 0.717) is 33.9 Å². The number of fused-ring (bicyclic) bond motifs is 1. The summed E-state index contributed by atoms with van der Waals surface area (Å²) in [6, 6.07) is 9.23. The zero-order chi connectivity index (χ0) is 23.0. The van der Waals surface area contributed by atoms with Gasteiger partial charge in [0, 0.05) is 33.5 Å². The molecule has 2 aromatic carbocycles. The number of nitrogens with one attached hydrogen (secondary N) is 2. The Morgan fingerprint density at radius 3 is 2.69 bits per heavy atom. The summed E-state index contributed by atoms with van der Waals surface area (Å²) in [7, 11) is -3.78. The van der Waals surface area contributed by atoms with Gasteiger partial charge in [0.05, 0.1) is 22.5 Å². The van der Waals surface area contributed by atoms with Gasteiger partial charge in [0.15, 0.2) is 5.03 Å². The number of thioether (sulfide) groups is 1. The maximum Gasteiger partial charge on any atom is 0.337 e. The second kappa shape index (κ2) is 9.07. The number of carboxylic acid groups (broad SMARTS) is 1. The summed E-state index contributed by atoms with van der Waals surface area (Å²) < 4.78 is 26.6. The van der Waals surface area contributed by atoms with Crippen LogP contribution in [0.5, 0.6) is 0 Å². The van der Waals surface area contributed by atoms with E-state index in [1.807, 2.05) is 0 Å². The molecule has 1 aromatic heterocycles. The third-order valence-electron chi connectivity index (χ3n) is 5.10. The molecule has 0 bridgehead atoms. The van der Waals surface area contributed by atoms with Crippen LogP contribution in [0.25, 0.3) is 10.9 Å². The van der Waals surface area contributed by atoms with Crippen LogP contribution in [-0.4, -0.2) is 47.9 Å². The lowest BCUT2D eigenvalue weighted by Gasteiger charge is -2.23. The lowest BCUT2D eigenvalue weighted by atomic mass is 10.1. The number of halogens is 2. The molecule has 32 heavy (non-hydrogen) atoms. The van der Waals surface area contributed by atoms with Crippen molar-refractivity contribution < 1.29 is 18.3 Å². The molecule has 0 radical (unpaired) electrons. The number of benzene rings is 2. The van der Waals surface area contributed by atoms with Gasteiger partial charge in [-0.15, -0.1) is 0 Å². The van der Waals surface area contributed by atoms with Crippen molar-refractivity contribution in [3.05, 3.63) is 57.6 Å². The molecule has 0 spiro atoms. The summed E-state index contributed by atoms with van der Waals surface area (Å²) >= 11 is 13.8. The molecule has 1 aliphatic rings. The number of anilines is 2. The highest BCUT2D eigenvalue weighted by molar-refractivity contribution is 8.01. The number of hydrogen-bond acceptors (Lipinski definition) is 7. The maximum absolute atomic E-state index is 13.3. The van der Waals surface area contributed by atoms with E-state index in [2.05, 4.69) is 15.6 Å². The first-order chi connectivity index (χ1) is 15.2. The molecule has 1 fully saturated rings. The second-order valence-corrected chi connectivity index (χ2v) is 11.4. The molecule has 3 aromatic rings. The number of sulfone groups is 1. The van der Waals surface area contributed by atoms with E-state index in [9.17, 15) is 18.3 Å². The van der Waals surface area contributed by atoms with E-state index in [-0.39, 0.29) is 21.3 Å². The van der Waals surface area contributed by atoms with Gasteiger partial charge in [-0.05, 0) is 48.9 Å². The molecule has 0 aliphatic carbocycles. The first-order valence-electron chi connectivity index (χ1n) is 9.62. The van der Waals surface area contributed by atoms with Gasteiger partial charge in [-0.2, -0.15) is 11.8 Å². The van der Waals surface area contributed by atoms with E-state index >= 15 is 0 Å². The minimum atomic E-state index is -3.78. The van der Waals surface area contributed by atoms with Crippen molar-refractivity contribution in [3.63, 3.8) is 0 Å². The zero-order valence-corrected chi connectivity index (χ0v) is 20.0. The average Bonchev–Trinajstić information content (AvgIpc) is 2.76. The number of aryl methyl sites for hydroxylation is 1. The van der Waals surface area contributed by atoms with Crippen molar-refractivity contribution in [3.8, 4) is 0 Å². The third kappa shape index (κ3) is 4.53. The number of rotatable bonds is 5. The van der Waals surface area contributed by atoms with Crippen molar-refractivity contribution in [2.75, 3.05) is 23.4 Å². The highest BCUT2D eigenvalue weighted by Gasteiger charge is 2.31. The van der Waals surface area contributed by atoms with Gasteiger partial charge in [0.1, 0.15) is 5.37 Å². The van der Waals surface area contributed by atoms with Crippen LogP contribution in [-0.2, 0) is 9.84 Å². The van der Waals surface area contributed by atoms with E-state index < -0.39 is 21.2 Å². The quantitative estimate of drug-likeness (QED) is 0.451. The predicted molar refractivity (Wildman–Crippen MR) is 129 cm³/mol. The molecule has 1 unspecified atom stereocenters. The maximum atomic E-state index is 13.3. The molecule has 0 saturated carbocycles. The summed E-state index contributed by atoms with van der Waals surface area (Å²) in [5, 5.41) is 16.2. The van der Waals surface area contributed by atoms with Gasteiger partial charge in [-0.25, -0.2) is 18.2 Å². The number of pyridine rings is 1. The van der Waals surface area contributed by atoms with Crippen LogP contribution in [0.4, 0.5) is 11.4 Å². The number of carbonyl (C=O) groups is 1. The van der Waals surface area contributed by atoms with Gasteiger partial charge in [0.25, 0.3) is 0 Å².